The van der Waals surface area contributed by atoms with Crippen LogP contribution in [0.1, 0.15) is 28.3 Å². The number of aromatic nitrogens is 1. The Balaban J connectivity index is 2.07. The first-order valence-corrected chi connectivity index (χ1v) is 11.9. The number of nitrogens with zero attached hydrogens (tertiary/aromatic N) is 3. The largest absolute Gasteiger partial charge is 0.511 e. The second kappa shape index (κ2) is 9.58. The number of piperidine rings is 1. The molecule has 0 radical (unpaired) electrons. The maximum atomic E-state index is 13.5. The summed E-state index contributed by atoms with van der Waals surface area (Å²) in [5.74, 6) is 2.35. The van der Waals surface area contributed by atoms with Crippen molar-refractivity contribution in [1.82, 2.24) is 9.29 Å². The number of anilines is 1. The highest BCUT2D eigenvalue weighted by molar-refractivity contribution is 7.90. The fraction of sp³-hybridized carbons (Fsp3) is 0.400. The molecule has 0 saturated carbocycles. The minimum atomic E-state index is -5.56. The van der Waals surface area contributed by atoms with Crippen LogP contribution in [0.4, 0.5) is 18.9 Å². The number of hydrogen-bond acceptors (Lipinski definition) is 7. The number of thiazole rings is 1. The van der Waals surface area contributed by atoms with E-state index in [2.05, 4.69) is 10.9 Å². The molecule has 0 N–H and O–H groups in total. The van der Waals surface area contributed by atoms with Crippen molar-refractivity contribution in [3.63, 3.8) is 0 Å². The highest BCUT2D eigenvalue weighted by Crippen LogP contribution is 2.35. The number of ether oxygens (including phenoxy) is 2. The van der Waals surface area contributed by atoms with Gasteiger partial charge in [-0.15, -0.1) is 17.8 Å². The molecule has 1 saturated heterocycles. The van der Waals surface area contributed by atoms with Crippen molar-refractivity contribution in [2.45, 2.75) is 24.4 Å². The van der Waals surface area contributed by atoms with Gasteiger partial charge >= 0.3 is 15.5 Å². The average molecular weight is 504 g/mol. The first-order chi connectivity index (χ1) is 15.5. The molecule has 1 atom stereocenters. The Hall–Kier alpha value is -2.82. The third kappa shape index (κ3) is 5.07. The normalized spacial score (nSPS) is 17.3. The Bertz CT molecular complexity index is 1150. The molecule has 0 bridgehead atoms. The van der Waals surface area contributed by atoms with Crippen molar-refractivity contribution in [3.05, 3.63) is 34.3 Å². The lowest BCUT2D eigenvalue weighted by Gasteiger charge is -2.38. The summed E-state index contributed by atoms with van der Waals surface area (Å²) < 4.78 is 74.4. The van der Waals surface area contributed by atoms with Crippen LogP contribution in [0.5, 0.6) is 11.5 Å². The fourth-order valence-corrected chi connectivity index (χ4v) is 5.11. The number of carbonyl (C=O) groups is 1. The van der Waals surface area contributed by atoms with Gasteiger partial charge in [-0.1, -0.05) is 0 Å². The lowest BCUT2D eigenvalue weighted by atomic mass is 10.0. The molecule has 33 heavy (non-hydrogen) atoms. The van der Waals surface area contributed by atoms with E-state index < -0.39 is 34.0 Å². The van der Waals surface area contributed by atoms with Crippen LogP contribution in [0.2, 0.25) is 0 Å². The van der Waals surface area contributed by atoms with Gasteiger partial charge in [-0.25, -0.2) is 13.4 Å². The molecule has 13 heteroatoms. The molecule has 1 aliphatic heterocycles. The summed E-state index contributed by atoms with van der Waals surface area (Å²) >= 11 is 1.06. The van der Waals surface area contributed by atoms with Crippen molar-refractivity contribution in [3.8, 4) is 23.8 Å². The predicted molar refractivity (Wildman–Crippen MR) is 116 cm³/mol. The Labute approximate surface area is 193 Å². The third-order valence-corrected chi connectivity index (χ3v) is 7.41. The van der Waals surface area contributed by atoms with Crippen LogP contribution < -0.4 is 14.4 Å². The Morgan fingerprint density at radius 1 is 1.27 bits per heavy atom. The van der Waals surface area contributed by atoms with E-state index >= 15 is 0 Å². The average Bonchev–Trinajstić information content (AvgIpc) is 3.28. The maximum absolute atomic E-state index is 13.5. The summed E-state index contributed by atoms with van der Waals surface area (Å²) in [5.41, 5.74) is -5.20. The molecule has 1 fully saturated rings. The van der Waals surface area contributed by atoms with Crippen molar-refractivity contribution in [1.29, 1.82) is 0 Å². The first-order valence-electron chi connectivity index (χ1n) is 9.57. The SMILES string of the molecule is C#Cc1nc(C(=O)N(c2cc(OC)cc(OC)c2)[C@@H]2CCCN(S(=O)(=O)C(F)(F)F)C2)cs1. The number of methoxy groups -OCH3 is 2. The minimum Gasteiger partial charge on any atom is -0.497 e. The van der Waals surface area contributed by atoms with Gasteiger partial charge in [0.15, 0.2) is 5.01 Å². The van der Waals surface area contributed by atoms with Gasteiger partial charge in [-0.05, 0) is 18.8 Å². The van der Waals surface area contributed by atoms with Crippen molar-refractivity contribution >= 4 is 33.0 Å². The Morgan fingerprint density at radius 2 is 1.91 bits per heavy atom. The number of amides is 1. The van der Waals surface area contributed by atoms with E-state index in [1.54, 1.807) is 6.07 Å². The summed E-state index contributed by atoms with van der Waals surface area (Å²) in [7, 11) is -2.75. The van der Waals surface area contributed by atoms with Crippen LogP contribution in [-0.4, -0.2) is 62.5 Å². The van der Waals surface area contributed by atoms with Gasteiger partial charge in [0.05, 0.1) is 25.9 Å². The van der Waals surface area contributed by atoms with Gasteiger partial charge in [-0.3, -0.25) is 4.79 Å². The minimum absolute atomic E-state index is 0.00876. The number of carbonyl (C=O) groups excluding carboxylic acids is 1. The summed E-state index contributed by atoms with van der Waals surface area (Å²) in [6.45, 7) is -0.848. The van der Waals surface area contributed by atoms with Crippen molar-refractivity contribution in [2.75, 3.05) is 32.2 Å². The molecule has 178 valence electrons. The lowest BCUT2D eigenvalue weighted by molar-refractivity contribution is -0.0494. The standard InChI is InChI=1S/C20H20F3N3O5S2/c1-4-18-24-17(12-32-18)19(27)26(14-8-15(30-2)10-16(9-14)31-3)13-6-5-7-25(11-13)33(28,29)20(21,22)23/h1,8-10,12-13H,5-7,11H2,2-3H3/t13-/m1/s1. The van der Waals surface area contributed by atoms with E-state index in [9.17, 15) is 26.4 Å². The first kappa shape index (κ1) is 24.8. The molecule has 2 heterocycles. The smallest absolute Gasteiger partial charge is 0.497 e. The molecule has 3 rings (SSSR count). The summed E-state index contributed by atoms with van der Waals surface area (Å²) in [6, 6.07) is 3.67. The van der Waals surface area contributed by atoms with Gasteiger partial charge in [0, 0.05) is 36.7 Å². The molecule has 0 spiro atoms. The molecule has 1 amide bonds. The summed E-state index contributed by atoms with van der Waals surface area (Å²) in [4.78, 5) is 18.8. The number of rotatable bonds is 6. The van der Waals surface area contributed by atoms with E-state index in [0.29, 0.717) is 15.8 Å². The zero-order valence-electron chi connectivity index (χ0n) is 17.6. The molecular formula is C20H20F3N3O5S2. The quantitative estimate of drug-likeness (QED) is 0.563. The van der Waals surface area contributed by atoms with E-state index in [0.717, 1.165) is 11.3 Å². The summed E-state index contributed by atoms with van der Waals surface area (Å²) in [6.07, 6.45) is 5.72. The number of halogens is 3. The molecular weight excluding hydrogens is 483 g/mol. The van der Waals surface area contributed by atoms with Gasteiger partial charge in [0.1, 0.15) is 17.2 Å². The summed E-state index contributed by atoms with van der Waals surface area (Å²) in [5, 5.41) is 1.70. The molecule has 2 aromatic rings. The number of terminal acetylenes is 1. The molecule has 8 nitrogen and oxygen atoms in total. The van der Waals surface area contributed by atoms with Crippen LogP contribution in [0, 0.1) is 12.3 Å². The fourth-order valence-electron chi connectivity index (χ4n) is 3.48. The molecule has 0 aliphatic carbocycles. The topological polar surface area (TPSA) is 89.0 Å². The van der Waals surface area contributed by atoms with Crippen LogP contribution in [0.15, 0.2) is 23.6 Å². The number of sulfonamides is 1. The zero-order chi connectivity index (χ0) is 24.4. The second-order valence-corrected chi connectivity index (χ2v) is 9.82. The Morgan fingerprint density at radius 3 is 2.42 bits per heavy atom. The number of hydrogen-bond donors (Lipinski definition) is 0. The molecule has 1 aromatic heterocycles. The third-order valence-electron chi connectivity index (χ3n) is 5.04. The van der Waals surface area contributed by atoms with E-state index in [1.807, 2.05) is 0 Å². The monoisotopic (exact) mass is 503 g/mol. The highest BCUT2D eigenvalue weighted by atomic mass is 32.2. The second-order valence-electron chi connectivity index (χ2n) is 7.03. The van der Waals surface area contributed by atoms with Crippen LogP contribution >= 0.6 is 11.3 Å². The van der Waals surface area contributed by atoms with Crippen LogP contribution in [-0.2, 0) is 10.0 Å². The van der Waals surface area contributed by atoms with Crippen molar-refractivity contribution in [2.24, 2.45) is 0 Å². The van der Waals surface area contributed by atoms with E-state index in [-0.39, 0.29) is 35.8 Å². The molecule has 1 aromatic carbocycles. The predicted octanol–water partition coefficient (Wildman–Crippen LogP) is 3.10. The van der Waals surface area contributed by atoms with Crippen LogP contribution in [0.25, 0.3) is 0 Å². The molecule has 1 aliphatic rings. The lowest BCUT2D eigenvalue weighted by Crippen LogP contribution is -2.54. The van der Waals surface area contributed by atoms with Gasteiger partial charge in [0.2, 0.25) is 0 Å². The van der Waals surface area contributed by atoms with Gasteiger partial charge in [0.25, 0.3) is 5.91 Å². The Kier molecular flexibility index (Phi) is 7.20. The van der Waals surface area contributed by atoms with Gasteiger partial charge < -0.3 is 14.4 Å². The van der Waals surface area contributed by atoms with E-state index in [1.165, 1.54) is 36.6 Å². The van der Waals surface area contributed by atoms with Crippen molar-refractivity contribution < 1.29 is 35.9 Å². The number of alkyl halides is 3. The maximum Gasteiger partial charge on any atom is 0.511 e. The van der Waals surface area contributed by atoms with Crippen LogP contribution in [0.3, 0.4) is 0 Å². The van der Waals surface area contributed by atoms with Gasteiger partial charge in [-0.2, -0.15) is 17.5 Å². The number of benzene rings is 1. The zero-order valence-corrected chi connectivity index (χ0v) is 19.3. The van der Waals surface area contributed by atoms with E-state index in [4.69, 9.17) is 15.9 Å². The highest BCUT2D eigenvalue weighted by Gasteiger charge is 2.51. The molecule has 0 unspecified atom stereocenters.